The summed E-state index contributed by atoms with van der Waals surface area (Å²) in [5.74, 6) is -0.416. The van der Waals surface area contributed by atoms with Crippen molar-refractivity contribution in [1.29, 1.82) is 0 Å². The molecule has 4 saturated heterocycles. The van der Waals surface area contributed by atoms with Crippen LogP contribution in [-0.4, -0.2) is 236 Å². The lowest BCUT2D eigenvalue weighted by atomic mass is 10.1. The Hall–Kier alpha value is -6.77. The highest BCUT2D eigenvalue weighted by Gasteiger charge is 2.56. The van der Waals surface area contributed by atoms with Crippen LogP contribution in [0.2, 0.25) is 0 Å². The van der Waals surface area contributed by atoms with Crippen molar-refractivity contribution in [1.82, 2.24) is 73.1 Å². The summed E-state index contributed by atoms with van der Waals surface area (Å²) in [5.41, 5.74) is 8.35. The topological polar surface area (TPSA) is 697 Å². The number of phosphoric ester groups is 4. The minimum atomic E-state index is -6.34. The molecule has 12 heterocycles. The lowest BCUT2D eigenvalue weighted by molar-refractivity contribution is -0.745. The van der Waals surface area contributed by atoms with E-state index >= 15 is 0 Å². The van der Waals surface area contributed by atoms with Crippen LogP contribution < -0.4 is 38.0 Å². The summed E-state index contributed by atoms with van der Waals surface area (Å²) < 4.78 is 143. The van der Waals surface area contributed by atoms with Gasteiger partial charge in [0.25, 0.3) is 22.6 Å². The van der Waals surface area contributed by atoms with Crippen LogP contribution in [0.25, 0.3) is 44.7 Å². The predicted octanol–water partition coefficient (Wildman–Crippen LogP) is -4.66. The second kappa shape index (κ2) is 27.8. The number of aryl methyl sites for hydroxylation is 2. The van der Waals surface area contributed by atoms with Gasteiger partial charge in [-0.1, -0.05) is 4.98 Å². The van der Waals surface area contributed by atoms with Crippen molar-refractivity contribution in [3.05, 3.63) is 68.5 Å². The van der Waals surface area contributed by atoms with Gasteiger partial charge in [0.1, 0.15) is 85.4 Å². The maximum atomic E-state index is 14.4. The van der Waals surface area contributed by atoms with E-state index in [-0.39, 0.29) is 62.2 Å². The smallest absolute Gasteiger partial charge is 0.387 e. The van der Waals surface area contributed by atoms with Crippen molar-refractivity contribution in [3.63, 3.8) is 0 Å². The van der Waals surface area contributed by atoms with Crippen LogP contribution >= 0.6 is 39.1 Å². The highest BCUT2D eigenvalue weighted by atomic mass is 31.3. The number of aromatic nitrogens is 16. The van der Waals surface area contributed by atoms with Gasteiger partial charge in [0.2, 0.25) is 17.7 Å². The Bertz CT molecular complexity index is 4860. The summed E-state index contributed by atoms with van der Waals surface area (Å²) >= 11 is 0. The summed E-state index contributed by atoms with van der Waals surface area (Å²) in [5, 5.41) is 58.7. The third-order valence-corrected chi connectivity index (χ3v) is 21.9. The molecule has 4 aliphatic heterocycles. The van der Waals surface area contributed by atoms with E-state index in [1.807, 2.05) is 0 Å². The van der Waals surface area contributed by atoms with Crippen molar-refractivity contribution in [2.45, 2.75) is 112 Å². The van der Waals surface area contributed by atoms with Crippen molar-refractivity contribution in [3.8, 4) is 0 Å². The van der Waals surface area contributed by atoms with Crippen molar-refractivity contribution in [2.75, 3.05) is 56.9 Å². The summed E-state index contributed by atoms with van der Waals surface area (Å²) in [6, 6.07) is 0. The summed E-state index contributed by atoms with van der Waals surface area (Å²) in [4.78, 5) is 133. The average molecular weight is 1520 g/mol. The number of anilines is 3. The second-order valence-corrected chi connectivity index (χ2v) is 29.8. The molecular weight excluding hydrogens is 1460 g/mol. The molecule has 4 fully saturated rings. The average Bonchev–Trinajstić information content (AvgIpc) is 1.62. The molecule has 4 aliphatic rings. The third-order valence-electron chi connectivity index (χ3n) is 15.7. The van der Waals surface area contributed by atoms with E-state index in [1.165, 1.54) is 24.9 Å². The number of nitrogens with one attached hydrogen (secondary N) is 4. The van der Waals surface area contributed by atoms with Crippen molar-refractivity contribution in [2.24, 2.45) is 7.05 Å². The fraction of sp³-hybridized carbons (Fsp3) is 0.556. The largest absolute Gasteiger partial charge is 0.490 e. The number of aliphatic hydroxyl groups is 5. The van der Waals surface area contributed by atoms with Crippen LogP contribution in [0.3, 0.4) is 0 Å². The SMILES string of the molecule is CCNc1ncnc2c1ncn2[C@@H]1O[C@H](COP(=O)(O)O[C@H]2[C@@H](OC)[C@H](n3cnc4c(=O)[nH]c(N)nc43)O[C@@H]2COP(=O)(O)OP(=O)(O)OP(=O)(O)OC[C@H]2O[C@@H]([n+]3cn(C)c4c(=O)[nH]c(N)nc43)[C@H](O)[C@@H]2O)[C@@H](OP(=O)(O)OC[C@H]2O[C@@H](n3cnc4c(=O)[nH]c(C)nc43)[C@H](O)[C@@H]2O)[C@H]1O. The van der Waals surface area contributed by atoms with E-state index in [0.29, 0.717) is 6.54 Å². The first-order chi connectivity index (χ1) is 47.1. The summed E-state index contributed by atoms with van der Waals surface area (Å²) in [6.45, 7) is -1.32. The number of methoxy groups -OCH3 is 1. The number of nitrogens with two attached hydrogens (primary N) is 2. The third kappa shape index (κ3) is 14.6. The van der Waals surface area contributed by atoms with E-state index < -0.39 is 186 Å². The molecule has 0 amide bonds. The Balaban J connectivity index is 0.748. The number of H-pyrrole nitrogens is 3. The maximum Gasteiger partial charge on any atom is 0.490 e. The molecule has 0 aromatic carbocycles. The quantitative estimate of drug-likeness (QED) is 0.0170. The molecular formula is C45H61N19O31P5+. The molecule has 8 aromatic rings. The fourth-order valence-corrected chi connectivity index (χ4v) is 16.8. The molecule has 5 unspecified atom stereocenters. The number of hydrogen-bond donors (Lipinski definition) is 16. The molecule has 8 aromatic heterocycles. The van der Waals surface area contributed by atoms with Gasteiger partial charge in [-0.3, -0.25) is 69.8 Å². The van der Waals surface area contributed by atoms with Gasteiger partial charge < -0.3 is 95.5 Å². The van der Waals surface area contributed by atoms with Crippen molar-refractivity contribution < 1.29 is 137 Å². The number of aromatic amines is 3. The highest BCUT2D eigenvalue weighted by molar-refractivity contribution is 7.66. The van der Waals surface area contributed by atoms with Crippen LogP contribution in [0.1, 0.15) is 37.7 Å². The zero-order valence-electron chi connectivity index (χ0n) is 51.4. The summed E-state index contributed by atoms with van der Waals surface area (Å²) in [7, 11) is -27.4. The molecule has 0 aliphatic carbocycles. The Morgan fingerprint density at radius 3 is 1.68 bits per heavy atom. The number of aliphatic hydroxyl groups excluding tert-OH is 5. The normalized spacial score (nSPS) is 30.3. The molecule has 12 rings (SSSR count). The first kappa shape index (κ1) is 73.0. The van der Waals surface area contributed by atoms with E-state index in [0.717, 1.165) is 50.7 Å². The first-order valence-corrected chi connectivity index (χ1v) is 36.4. The van der Waals surface area contributed by atoms with Gasteiger partial charge in [-0.2, -0.15) is 13.6 Å². The van der Waals surface area contributed by atoms with Gasteiger partial charge in [0.05, 0.1) is 52.5 Å². The molecule has 0 spiro atoms. The van der Waals surface area contributed by atoms with Gasteiger partial charge in [0.15, 0.2) is 64.3 Å². The molecule has 18 N–H and O–H groups in total. The molecule has 55 heteroatoms. The Labute approximate surface area is 554 Å². The van der Waals surface area contributed by atoms with Gasteiger partial charge in [-0.15, -0.1) is 0 Å². The fourth-order valence-electron chi connectivity index (χ4n) is 11.4. The molecule has 546 valence electrons. The van der Waals surface area contributed by atoms with E-state index in [1.54, 1.807) is 6.92 Å². The van der Waals surface area contributed by atoms with Crippen LogP contribution in [-0.2, 0) is 89.3 Å². The number of ether oxygens (including phenoxy) is 5. The molecule has 21 atom stereocenters. The highest BCUT2D eigenvalue weighted by Crippen LogP contribution is 2.68. The van der Waals surface area contributed by atoms with Crippen LogP contribution in [0, 0.1) is 6.92 Å². The van der Waals surface area contributed by atoms with Crippen LogP contribution in [0.4, 0.5) is 17.7 Å². The Kier molecular flexibility index (Phi) is 20.3. The van der Waals surface area contributed by atoms with Gasteiger partial charge >= 0.3 is 44.8 Å². The molecule has 0 bridgehead atoms. The molecule has 0 saturated carbocycles. The molecule has 0 radical (unpaired) electrons. The predicted molar refractivity (Wildman–Crippen MR) is 322 cm³/mol. The molecule has 100 heavy (non-hydrogen) atoms. The maximum absolute atomic E-state index is 14.4. The van der Waals surface area contributed by atoms with E-state index in [4.69, 9.17) is 62.3 Å². The van der Waals surface area contributed by atoms with E-state index in [2.05, 4.69) is 68.8 Å². The second-order valence-electron chi connectivity index (χ2n) is 22.3. The minimum absolute atomic E-state index is 0.00141. The Morgan fingerprint density at radius 2 is 1.05 bits per heavy atom. The number of rotatable bonds is 27. The molecule has 50 nitrogen and oxygen atoms in total. The first-order valence-electron chi connectivity index (χ1n) is 29.0. The van der Waals surface area contributed by atoms with Gasteiger partial charge in [-0.05, 0) is 13.8 Å². The number of nitrogen functional groups attached to an aromatic ring is 2. The lowest BCUT2D eigenvalue weighted by Gasteiger charge is -2.27. The van der Waals surface area contributed by atoms with E-state index in [9.17, 15) is 87.2 Å². The number of phosphoric acid groups is 5. The van der Waals surface area contributed by atoms with Crippen LogP contribution in [0.5, 0.6) is 0 Å². The number of fused-ring (bicyclic) bond motifs is 4. The number of imidazole rings is 4. The van der Waals surface area contributed by atoms with Gasteiger partial charge in [0, 0.05) is 13.7 Å². The minimum Gasteiger partial charge on any atom is -0.387 e. The zero-order valence-corrected chi connectivity index (χ0v) is 55.9. The lowest BCUT2D eigenvalue weighted by Crippen LogP contribution is -2.46. The van der Waals surface area contributed by atoms with Gasteiger partial charge in [-0.25, -0.2) is 57.3 Å². The van der Waals surface area contributed by atoms with Crippen LogP contribution in [0.15, 0.2) is 46.0 Å². The monoisotopic (exact) mass is 1520 g/mol. The standard InChI is InChI=1S/C45H60N19O31P5/c1-5-48-32-20-33(50-10-49-32)61(11-51-20)42-28(69)29(92-96(73,74)84-6-16-24(65)26(67)40(88-16)62-12-52-21-34(62)54-15(2)55-37(21)70)18(90-42)8-85-97(75,76)93-30-19(91-43(31(30)83-4)63-13-53-22-35(63)56-44(46)58-38(22)71)9-87-99(79,80)95-100(81,82)94-98(77,78)86-7-17-25(66)27(68)41(89-17)64-14-60(3)23-36(64)57-45(47)59-39(23)72/h10-14,16-19,24-31,40-43,65-69H,5-9H2,1-4H3,(H12-,46,47,48,49,50,54,55,56,57,58,59,70,71,72,73,74,75,76,77,78,79,80,81,82)/p+1/t16-,17-,18-,19-,24-,25-,26-,27-,28-,29-,30-,31-,40-,41-,42-,43-/m1/s1. The number of hydrogen-bond acceptors (Lipinski definition) is 37. The van der Waals surface area contributed by atoms with Crippen molar-refractivity contribution >= 4 is 101 Å². The Morgan fingerprint density at radius 1 is 0.560 bits per heavy atom. The summed E-state index contributed by atoms with van der Waals surface area (Å²) in [6.07, 6.45) is -23.8. The number of nitrogens with zero attached hydrogens (tertiary/aromatic N) is 13. The zero-order chi connectivity index (χ0) is 72.0.